The molecule has 23 heavy (non-hydrogen) atoms. The average molecular weight is 320 g/mol. The Morgan fingerprint density at radius 2 is 2.22 bits per heavy atom. The summed E-state index contributed by atoms with van der Waals surface area (Å²) < 4.78 is 5.35. The maximum absolute atomic E-state index is 12.3. The Labute approximate surface area is 138 Å². The molecule has 1 aromatic rings. The minimum absolute atomic E-state index is 0.0977. The molecule has 2 fully saturated rings. The molecule has 2 aliphatic rings. The number of amides is 1. The highest BCUT2D eigenvalue weighted by atomic mass is 16.5. The van der Waals surface area contributed by atoms with E-state index in [2.05, 4.69) is 34.2 Å². The first kappa shape index (κ1) is 16.4. The second-order valence-electron chi connectivity index (χ2n) is 7.47. The summed E-state index contributed by atoms with van der Waals surface area (Å²) in [6.45, 7) is 7.58. The van der Waals surface area contributed by atoms with E-state index in [1.807, 2.05) is 0 Å². The minimum atomic E-state index is 0.0977. The van der Waals surface area contributed by atoms with Crippen LogP contribution < -0.4 is 5.32 Å². The van der Waals surface area contributed by atoms with Crippen molar-refractivity contribution in [2.75, 3.05) is 19.6 Å². The van der Waals surface area contributed by atoms with E-state index in [-0.39, 0.29) is 11.8 Å². The van der Waals surface area contributed by atoms with Gasteiger partial charge in [0.25, 0.3) is 0 Å². The van der Waals surface area contributed by atoms with Crippen LogP contribution in [0.15, 0.2) is 4.52 Å². The van der Waals surface area contributed by atoms with Gasteiger partial charge in [0.2, 0.25) is 11.8 Å². The van der Waals surface area contributed by atoms with Crippen LogP contribution in [-0.2, 0) is 17.8 Å². The third-order valence-electron chi connectivity index (χ3n) is 4.60. The van der Waals surface area contributed by atoms with Crippen LogP contribution in [0.5, 0.6) is 0 Å². The first-order valence-electron chi connectivity index (χ1n) is 8.91. The highest BCUT2D eigenvalue weighted by Crippen LogP contribution is 2.28. The van der Waals surface area contributed by atoms with Crippen molar-refractivity contribution < 1.29 is 9.32 Å². The van der Waals surface area contributed by atoms with Gasteiger partial charge in [0.15, 0.2) is 5.82 Å². The molecule has 1 amide bonds. The molecule has 0 aromatic carbocycles. The van der Waals surface area contributed by atoms with Crippen molar-refractivity contribution in [1.82, 2.24) is 20.4 Å². The van der Waals surface area contributed by atoms with Crippen molar-refractivity contribution in [3.63, 3.8) is 0 Å². The van der Waals surface area contributed by atoms with E-state index in [1.54, 1.807) is 0 Å². The van der Waals surface area contributed by atoms with Crippen LogP contribution in [-0.4, -0.2) is 40.6 Å². The molecule has 1 saturated heterocycles. The van der Waals surface area contributed by atoms with Gasteiger partial charge < -0.3 is 9.84 Å². The lowest BCUT2D eigenvalue weighted by atomic mass is 9.97. The first-order valence-corrected chi connectivity index (χ1v) is 8.91. The van der Waals surface area contributed by atoms with Gasteiger partial charge in [-0.1, -0.05) is 19.0 Å². The topological polar surface area (TPSA) is 71.3 Å². The highest BCUT2D eigenvalue weighted by Gasteiger charge is 2.28. The minimum Gasteiger partial charge on any atom is -0.356 e. The van der Waals surface area contributed by atoms with E-state index < -0.39 is 0 Å². The molecule has 0 bridgehead atoms. The summed E-state index contributed by atoms with van der Waals surface area (Å²) in [5, 5.41) is 7.15. The molecular weight excluding hydrogens is 292 g/mol. The summed E-state index contributed by atoms with van der Waals surface area (Å²) in [4.78, 5) is 19.0. The molecule has 1 aliphatic carbocycles. The summed E-state index contributed by atoms with van der Waals surface area (Å²) in [5.41, 5.74) is 0. The van der Waals surface area contributed by atoms with Crippen molar-refractivity contribution in [3.05, 3.63) is 11.7 Å². The normalized spacial score (nSPS) is 22.5. The molecule has 1 N–H and O–H groups in total. The Kier molecular flexibility index (Phi) is 5.30. The summed E-state index contributed by atoms with van der Waals surface area (Å²) in [6, 6.07) is 0. The zero-order valence-corrected chi connectivity index (χ0v) is 14.3. The van der Waals surface area contributed by atoms with Gasteiger partial charge >= 0.3 is 0 Å². The van der Waals surface area contributed by atoms with Gasteiger partial charge in [-0.3, -0.25) is 9.69 Å². The molecule has 6 heteroatoms. The van der Waals surface area contributed by atoms with E-state index in [1.165, 1.54) is 12.8 Å². The standard InChI is InChI=1S/C17H28N4O2/c1-12(2)8-15-19-16(23-20-15)11-21-7-3-4-14(10-21)17(22)18-9-13-5-6-13/h12-14H,3-11H2,1-2H3,(H,18,22)/t14-/m1/s1. The first-order chi connectivity index (χ1) is 11.1. The third kappa shape index (κ3) is 5.03. The quantitative estimate of drug-likeness (QED) is 0.832. The third-order valence-corrected chi connectivity index (χ3v) is 4.60. The van der Waals surface area contributed by atoms with Crippen LogP contribution in [0.4, 0.5) is 0 Å². The van der Waals surface area contributed by atoms with E-state index in [0.717, 1.165) is 50.6 Å². The predicted molar refractivity (Wildman–Crippen MR) is 86.6 cm³/mol. The number of hydrogen-bond acceptors (Lipinski definition) is 5. The van der Waals surface area contributed by atoms with Crippen molar-refractivity contribution in [3.8, 4) is 0 Å². The summed E-state index contributed by atoms with van der Waals surface area (Å²) in [5.74, 6) is 3.02. The number of aromatic nitrogens is 2. The monoisotopic (exact) mass is 320 g/mol. The summed E-state index contributed by atoms with van der Waals surface area (Å²) in [6.07, 6.45) is 5.42. The fourth-order valence-corrected chi connectivity index (χ4v) is 3.12. The molecule has 0 unspecified atom stereocenters. The SMILES string of the molecule is CC(C)Cc1noc(CN2CCC[C@@H](C(=O)NCC3CC3)C2)n1. The van der Waals surface area contributed by atoms with Crippen molar-refractivity contribution >= 4 is 5.91 Å². The van der Waals surface area contributed by atoms with Gasteiger partial charge in [0.1, 0.15) is 0 Å². The second kappa shape index (κ2) is 7.43. The molecule has 3 rings (SSSR count). The number of rotatable bonds is 7. The van der Waals surface area contributed by atoms with Crippen LogP contribution in [0, 0.1) is 17.8 Å². The van der Waals surface area contributed by atoms with Crippen LogP contribution in [0.3, 0.4) is 0 Å². The Morgan fingerprint density at radius 1 is 1.39 bits per heavy atom. The maximum Gasteiger partial charge on any atom is 0.240 e. The van der Waals surface area contributed by atoms with Crippen LogP contribution in [0.1, 0.15) is 51.2 Å². The lowest BCUT2D eigenvalue weighted by Crippen LogP contribution is -2.43. The molecule has 1 saturated carbocycles. The van der Waals surface area contributed by atoms with Crippen LogP contribution in [0.2, 0.25) is 0 Å². The smallest absolute Gasteiger partial charge is 0.240 e. The van der Waals surface area contributed by atoms with E-state index in [9.17, 15) is 4.79 Å². The van der Waals surface area contributed by atoms with Gasteiger partial charge in [0, 0.05) is 19.5 Å². The van der Waals surface area contributed by atoms with Gasteiger partial charge in [-0.15, -0.1) is 0 Å². The van der Waals surface area contributed by atoms with Gasteiger partial charge in [-0.2, -0.15) is 4.98 Å². The lowest BCUT2D eigenvalue weighted by molar-refractivity contribution is -0.126. The predicted octanol–water partition coefficient (Wildman–Crippen LogP) is 2.01. The number of nitrogens with zero attached hydrogens (tertiary/aromatic N) is 3. The summed E-state index contributed by atoms with van der Waals surface area (Å²) >= 11 is 0. The van der Waals surface area contributed by atoms with E-state index >= 15 is 0 Å². The zero-order chi connectivity index (χ0) is 16.2. The lowest BCUT2D eigenvalue weighted by Gasteiger charge is -2.30. The Balaban J connectivity index is 1.47. The number of nitrogens with one attached hydrogen (secondary N) is 1. The highest BCUT2D eigenvalue weighted by molar-refractivity contribution is 5.79. The molecule has 1 atom stereocenters. The molecule has 128 valence electrons. The Bertz CT molecular complexity index is 524. The van der Waals surface area contributed by atoms with Crippen LogP contribution in [0.25, 0.3) is 0 Å². The summed E-state index contributed by atoms with van der Waals surface area (Å²) in [7, 11) is 0. The maximum atomic E-state index is 12.3. The molecule has 1 aromatic heterocycles. The van der Waals surface area contributed by atoms with Crippen molar-refractivity contribution in [2.24, 2.45) is 17.8 Å². The zero-order valence-electron chi connectivity index (χ0n) is 14.3. The molecule has 1 aliphatic heterocycles. The second-order valence-corrected chi connectivity index (χ2v) is 7.47. The Morgan fingerprint density at radius 3 is 2.96 bits per heavy atom. The number of carbonyl (C=O) groups is 1. The number of hydrogen-bond donors (Lipinski definition) is 1. The fourth-order valence-electron chi connectivity index (χ4n) is 3.12. The molecule has 0 spiro atoms. The molecular formula is C17H28N4O2. The van der Waals surface area contributed by atoms with Gasteiger partial charge in [-0.05, 0) is 44.1 Å². The molecule has 0 radical (unpaired) electrons. The largest absolute Gasteiger partial charge is 0.356 e. The number of piperidine rings is 1. The van der Waals surface area contributed by atoms with Gasteiger partial charge in [0.05, 0.1) is 12.5 Å². The van der Waals surface area contributed by atoms with Crippen LogP contribution >= 0.6 is 0 Å². The molecule has 2 heterocycles. The number of carbonyl (C=O) groups excluding carboxylic acids is 1. The van der Waals surface area contributed by atoms with Crippen molar-refractivity contribution in [2.45, 2.75) is 52.5 Å². The fraction of sp³-hybridized carbons (Fsp3) is 0.824. The van der Waals surface area contributed by atoms with E-state index in [0.29, 0.717) is 18.4 Å². The number of likely N-dealkylation sites (tertiary alicyclic amines) is 1. The molecule has 6 nitrogen and oxygen atoms in total. The van der Waals surface area contributed by atoms with Gasteiger partial charge in [-0.25, -0.2) is 0 Å². The Hall–Kier alpha value is -1.43. The van der Waals surface area contributed by atoms with E-state index in [4.69, 9.17) is 4.52 Å². The average Bonchev–Trinajstić information content (AvgIpc) is 3.25. The van der Waals surface area contributed by atoms with Crippen molar-refractivity contribution in [1.29, 1.82) is 0 Å².